The minimum absolute atomic E-state index is 0.175. The lowest BCUT2D eigenvalue weighted by molar-refractivity contribution is -0.118. The first-order chi connectivity index (χ1) is 12.3. The second-order valence-electron chi connectivity index (χ2n) is 6.70. The third-order valence-corrected chi connectivity index (χ3v) is 4.46. The summed E-state index contributed by atoms with van der Waals surface area (Å²) in [5.41, 5.74) is 5.10. The Morgan fingerprint density at radius 3 is 2.77 bits per heavy atom. The Morgan fingerprint density at radius 2 is 2.15 bits per heavy atom. The lowest BCUT2D eigenvalue weighted by Crippen LogP contribution is -2.15. The van der Waals surface area contributed by atoms with Gasteiger partial charge in [0.05, 0.1) is 12.0 Å². The molecule has 3 heterocycles. The molecule has 10 heteroatoms. The van der Waals surface area contributed by atoms with Gasteiger partial charge < -0.3 is 14.7 Å². The average Bonchev–Trinajstić information content (AvgIpc) is 3.29. The molecule has 0 spiro atoms. The molecular weight excluding hydrogens is 356 g/mol. The van der Waals surface area contributed by atoms with E-state index in [1.165, 1.54) is 11.8 Å². The van der Waals surface area contributed by atoms with E-state index in [0.717, 1.165) is 0 Å². The molecule has 0 aromatic carbocycles. The predicted molar refractivity (Wildman–Crippen MR) is 94.1 cm³/mol. The van der Waals surface area contributed by atoms with Crippen LogP contribution in [0, 0.1) is 0 Å². The van der Waals surface area contributed by atoms with Crippen molar-refractivity contribution in [3.05, 3.63) is 30.1 Å². The Balaban J connectivity index is 1.78. The summed E-state index contributed by atoms with van der Waals surface area (Å²) < 4.78 is 12.5. The van der Waals surface area contributed by atoms with E-state index in [4.69, 9.17) is 14.7 Å². The molecule has 0 fully saturated rings. The van der Waals surface area contributed by atoms with E-state index in [0.29, 0.717) is 40.8 Å². The highest BCUT2D eigenvalue weighted by Gasteiger charge is 2.22. The first-order valence-electron chi connectivity index (χ1n) is 8.06. The minimum atomic E-state index is -0.397. The number of aromatic nitrogens is 5. The van der Waals surface area contributed by atoms with E-state index in [1.54, 1.807) is 23.0 Å². The fraction of sp³-hybridized carbons (Fsp3) is 0.438. The smallest absolute Gasteiger partial charge is 0.237 e. The van der Waals surface area contributed by atoms with E-state index in [2.05, 4.69) is 20.3 Å². The zero-order chi connectivity index (χ0) is 18.7. The highest BCUT2D eigenvalue weighted by atomic mass is 32.2. The highest BCUT2D eigenvalue weighted by molar-refractivity contribution is 7.98. The van der Waals surface area contributed by atoms with Gasteiger partial charge in [0.1, 0.15) is 0 Å². The maximum atomic E-state index is 11.2. The van der Waals surface area contributed by atoms with Gasteiger partial charge in [-0.3, -0.25) is 9.36 Å². The quantitative estimate of drug-likeness (QED) is 0.623. The number of thioether (sulfide) groups is 1. The molecule has 3 aromatic heterocycles. The highest BCUT2D eigenvalue weighted by Crippen LogP contribution is 2.27. The Kier molecular flexibility index (Phi) is 5.12. The van der Waals surface area contributed by atoms with E-state index in [-0.39, 0.29) is 11.8 Å². The van der Waals surface area contributed by atoms with E-state index in [1.807, 2.05) is 20.8 Å². The Hall–Kier alpha value is -2.62. The summed E-state index contributed by atoms with van der Waals surface area (Å²) in [4.78, 5) is 15.6. The summed E-state index contributed by atoms with van der Waals surface area (Å²) in [7, 11) is 0. The summed E-state index contributed by atoms with van der Waals surface area (Å²) >= 11 is 1.39. The van der Waals surface area contributed by atoms with Crippen LogP contribution in [0.25, 0.3) is 11.6 Å². The van der Waals surface area contributed by atoms with Crippen LogP contribution in [0.2, 0.25) is 0 Å². The van der Waals surface area contributed by atoms with Crippen LogP contribution in [0.15, 0.2) is 32.5 Å². The lowest BCUT2D eigenvalue weighted by atomic mass is 9.96. The molecular formula is C16H20N6O3S. The summed E-state index contributed by atoms with van der Waals surface area (Å²) in [6, 6.07) is 3.55. The topological polar surface area (TPSA) is 126 Å². The molecule has 3 rings (SSSR count). The molecule has 0 atom stereocenters. The van der Waals surface area contributed by atoms with Crippen LogP contribution < -0.4 is 5.73 Å². The molecule has 0 bridgehead atoms. The van der Waals surface area contributed by atoms with Crippen LogP contribution in [0.3, 0.4) is 0 Å². The van der Waals surface area contributed by atoms with Gasteiger partial charge in [-0.05, 0) is 12.1 Å². The summed E-state index contributed by atoms with van der Waals surface area (Å²) in [6.07, 6.45) is 1.73. The summed E-state index contributed by atoms with van der Waals surface area (Å²) in [5, 5.41) is 13.0. The number of furan rings is 1. The van der Waals surface area contributed by atoms with Gasteiger partial charge >= 0.3 is 0 Å². The van der Waals surface area contributed by atoms with Crippen LogP contribution >= 0.6 is 11.8 Å². The van der Waals surface area contributed by atoms with Gasteiger partial charge in [-0.1, -0.05) is 37.7 Å². The largest absolute Gasteiger partial charge is 0.461 e. The number of carbonyl (C=O) groups excluding carboxylic acids is 1. The molecule has 1 amide bonds. The summed E-state index contributed by atoms with van der Waals surface area (Å²) in [5.74, 6) is 2.31. The Bertz CT molecular complexity index is 878. The van der Waals surface area contributed by atoms with Gasteiger partial charge in [0.15, 0.2) is 22.6 Å². The molecule has 0 saturated carbocycles. The van der Waals surface area contributed by atoms with E-state index in [9.17, 15) is 4.79 Å². The molecule has 3 aromatic rings. The SMILES string of the molecule is CC(C)(C)c1noc(CSc2nnc(-c3ccco3)n2CCC(N)=O)n1. The number of hydrogen-bond acceptors (Lipinski definition) is 8. The van der Waals surface area contributed by atoms with Gasteiger partial charge in [-0.15, -0.1) is 10.2 Å². The number of carbonyl (C=O) groups is 1. The molecule has 0 aliphatic rings. The van der Waals surface area contributed by atoms with Crippen LogP contribution in [0.5, 0.6) is 0 Å². The van der Waals surface area contributed by atoms with Crippen molar-refractivity contribution in [2.24, 2.45) is 5.73 Å². The third-order valence-electron chi connectivity index (χ3n) is 3.50. The molecule has 0 aliphatic carbocycles. The first-order valence-corrected chi connectivity index (χ1v) is 9.04. The average molecular weight is 376 g/mol. The van der Waals surface area contributed by atoms with Crippen LogP contribution in [-0.4, -0.2) is 30.8 Å². The van der Waals surface area contributed by atoms with E-state index >= 15 is 0 Å². The first kappa shape index (κ1) is 18.2. The standard InChI is InChI=1S/C16H20N6O3S/c1-16(2,3)14-18-12(25-21-14)9-26-15-20-19-13(10-5-4-8-24-10)22(15)7-6-11(17)23/h4-5,8H,6-7,9H2,1-3H3,(H2,17,23). The number of hydrogen-bond donors (Lipinski definition) is 1. The number of primary amides is 1. The molecule has 138 valence electrons. The van der Waals surface area contributed by atoms with Gasteiger partial charge in [-0.2, -0.15) is 4.98 Å². The fourth-order valence-electron chi connectivity index (χ4n) is 2.15. The van der Waals surface area contributed by atoms with Crippen molar-refractivity contribution in [3.63, 3.8) is 0 Å². The minimum Gasteiger partial charge on any atom is -0.461 e. The monoisotopic (exact) mass is 376 g/mol. The molecule has 0 unspecified atom stereocenters. The molecule has 2 N–H and O–H groups in total. The van der Waals surface area contributed by atoms with Crippen molar-refractivity contribution in [1.82, 2.24) is 24.9 Å². The second-order valence-corrected chi connectivity index (χ2v) is 7.64. The zero-order valence-corrected chi connectivity index (χ0v) is 15.6. The Labute approximate surface area is 154 Å². The molecule has 0 saturated heterocycles. The normalized spacial score (nSPS) is 11.8. The second kappa shape index (κ2) is 7.32. The lowest BCUT2D eigenvalue weighted by Gasteiger charge is -2.10. The van der Waals surface area contributed by atoms with Crippen LogP contribution in [-0.2, 0) is 22.5 Å². The molecule has 0 radical (unpaired) electrons. The van der Waals surface area contributed by atoms with Crippen molar-refractivity contribution < 1.29 is 13.7 Å². The van der Waals surface area contributed by atoms with Gasteiger partial charge in [0, 0.05) is 18.4 Å². The maximum Gasteiger partial charge on any atom is 0.237 e. The van der Waals surface area contributed by atoms with Crippen molar-refractivity contribution in [2.75, 3.05) is 0 Å². The van der Waals surface area contributed by atoms with Gasteiger partial charge in [0.25, 0.3) is 0 Å². The number of nitrogens with two attached hydrogens (primary N) is 1. The molecule has 0 aliphatic heterocycles. The van der Waals surface area contributed by atoms with Crippen molar-refractivity contribution in [2.45, 2.75) is 50.1 Å². The maximum absolute atomic E-state index is 11.2. The molecule has 9 nitrogen and oxygen atoms in total. The van der Waals surface area contributed by atoms with Gasteiger partial charge in [-0.25, -0.2) is 0 Å². The van der Waals surface area contributed by atoms with Crippen molar-refractivity contribution >= 4 is 17.7 Å². The van der Waals surface area contributed by atoms with Gasteiger partial charge in [0.2, 0.25) is 11.8 Å². The summed E-state index contributed by atoms with van der Waals surface area (Å²) in [6.45, 7) is 6.42. The van der Waals surface area contributed by atoms with Crippen molar-refractivity contribution in [1.29, 1.82) is 0 Å². The number of nitrogens with zero attached hydrogens (tertiary/aromatic N) is 5. The fourth-order valence-corrected chi connectivity index (χ4v) is 2.95. The Morgan fingerprint density at radius 1 is 1.35 bits per heavy atom. The number of rotatable bonds is 7. The molecule has 26 heavy (non-hydrogen) atoms. The van der Waals surface area contributed by atoms with Crippen molar-refractivity contribution in [3.8, 4) is 11.6 Å². The van der Waals surface area contributed by atoms with Crippen LogP contribution in [0.1, 0.15) is 38.9 Å². The van der Waals surface area contributed by atoms with E-state index < -0.39 is 5.91 Å². The predicted octanol–water partition coefficient (Wildman–Crippen LogP) is 2.39. The third kappa shape index (κ3) is 4.13. The van der Waals surface area contributed by atoms with Crippen LogP contribution in [0.4, 0.5) is 0 Å². The number of amides is 1. The zero-order valence-electron chi connectivity index (χ0n) is 14.8.